The molecule has 12 heteroatoms. The van der Waals surface area contributed by atoms with E-state index in [4.69, 9.17) is 19.4 Å². The molecule has 51 heavy (non-hydrogen) atoms. The molecule has 4 saturated heterocycles. The van der Waals surface area contributed by atoms with Crippen LogP contribution in [0.1, 0.15) is 38.5 Å². The molecule has 10 rings (SSSR count). The van der Waals surface area contributed by atoms with E-state index in [1.165, 1.54) is 19.2 Å². The fourth-order valence-corrected chi connectivity index (χ4v) is 8.41. The van der Waals surface area contributed by atoms with Gasteiger partial charge in [0, 0.05) is 60.9 Å². The molecule has 2 atom stereocenters. The van der Waals surface area contributed by atoms with Crippen LogP contribution in [-0.4, -0.2) is 96.2 Å². The Kier molecular flexibility index (Phi) is 8.33. The van der Waals surface area contributed by atoms with E-state index in [1.807, 2.05) is 35.2 Å². The fourth-order valence-electron chi connectivity index (χ4n) is 8.41. The zero-order chi connectivity index (χ0) is 34.2. The first-order chi connectivity index (χ1) is 25.1. The molecule has 4 fully saturated rings. The maximum Gasteiger partial charge on any atom is 0.417 e. The minimum absolute atomic E-state index is 0.0571. The summed E-state index contributed by atoms with van der Waals surface area (Å²) in [7, 11) is 0. The van der Waals surface area contributed by atoms with Gasteiger partial charge in [-0.15, -0.1) is 0 Å². The highest BCUT2D eigenvalue weighted by Crippen LogP contribution is 2.39. The van der Waals surface area contributed by atoms with Crippen molar-refractivity contribution in [1.82, 2.24) is 45.0 Å². The molecular formula is C39H39N9O3. The SMILES string of the molecule is O=C(Oc1nc(OCC23CCCN2CCC3)nc2cc(-c3cccc4ccccc34)ncc12)N1C2CCC1CNC2.c1cc2ncncc2cn1. The lowest BCUT2D eigenvalue weighted by Gasteiger charge is -2.34. The van der Waals surface area contributed by atoms with Crippen molar-refractivity contribution < 1.29 is 14.3 Å². The van der Waals surface area contributed by atoms with Crippen LogP contribution >= 0.6 is 0 Å². The molecule has 1 amide bonds. The van der Waals surface area contributed by atoms with E-state index >= 15 is 0 Å². The van der Waals surface area contributed by atoms with Gasteiger partial charge in [-0.05, 0) is 74.5 Å². The summed E-state index contributed by atoms with van der Waals surface area (Å²) in [6, 6.07) is 18.9. The second-order valence-corrected chi connectivity index (χ2v) is 13.9. The lowest BCUT2D eigenvalue weighted by Crippen LogP contribution is -2.55. The van der Waals surface area contributed by atoms with E-state index in [2.05, 4.69) is 54.4 Å². The van der Waals surface area contributed by atoms with Crippen LogP contribution in [0.3, 0.4) is 0 Å². The van der Waals surface area contributed by atoms with E-state index in [-0.39, 0.29) is 35.6 Å². The number of carbonyl (C=O) groups is 1. The minimum atomic E-state index is -0.362. The molecule has 12 nitrogen and oxygen atoms in total. The number of aromatic nitrogens is 6. The number of benzene rings is 2. The number of hydrogen-bond donors (Lipinski definition) is 1. The molecule has 4 aliphatic heterocycles. The number of fused-ring (bicyclic) bond motifs is 6. The van der Waals surface area contributed by atoms with Gasteiger partial charge in [-0.25, -0.2) is 14.8 Å². The third kappa shape index (κ3) is 6.08. The molecule has 0 aliphatic carbocycles. The van der Waals surface area contributed by atoms with Gasteiger partial charge in [-0.3, -0.25) is 19.8 Å². The normalized spacial score (nSPS) is 20.7. The predicted octanol–water partition coefficient (Wildman–Crippen LogP) is 5.81. The standard InChI is InChI=1S/C32H34N6O3.C7H5N3/c39-31(38-22-10-11-23(38)18-33-17-22)41-29-26-19-34-27(25-9-3-7-21-6-1-2-8-24(21)25)16-28(26)35-30(36-29)40-20-32-12-4-14-37(32)15-5-13-32;1-2-8-3-6-4-9-5-10-7(1)6/h1-3,6-9,16,19,22-23,33H,4-5,10-15,17-18,20H2;1-5H. The number of ether oxygens (including phenoxy) is 2. The van der Waals surface area contributed by atoms with Crippen LogP contribution in [0.15, 0.2) is 85.7 Å². The van der Waals surface area contributed by atoms with Gasteiger partial charge in [-0.2, -0.15) is 9.97 Å². The van der Waals surface area contributed by atoms with Gasteiger partial charge in [0.05, 0.1) is 27.7 Å². The molecule has 2 aromatic carbocycles. The minimum Gasteiger partial charge on any atom is -0.461 e. The van der Waals surface area contributed by atoms with Crippen LogP contribution < -0.4 is 14.8 Å². The topological polar surface area (TPSA) is 131 Å². The van der Waals surface area contributed by atoms with Gasteiger partial charge in [0.25, 0.3) is 0 Å². The smallest absolute Gasteiger partial charge is 0.417 e. The first kappa shape index (κ1) is 31.6. The lowest BCUT2D eigenvalue weighted by atomic mass is 9.95. The summed E-state index contributed by atoms with van der Waals surface area (Å²) >= 11 is 0. The maximum absolute atomic E-state index is 13.5. The fraction of sp³-hybridized carbons (Fsp3) is 0.359. The molecular weight excluding hydrogens is 642 g/mol. The Balaban J connectivity index is 0.000000299. The lowest BCUT2D eigenvalue weighted by molar-refractivity contribution is 0.104. The molecule has 4 aromatic heterocycles. The molecule has 1 N–H and O–H groups in total. The number of carbonyl (C=O) groups excluding carboxylic acids is 1. The van der Waals surface area contributed by atoms with E-state index in [0.29, 0.717) is 17.5 Å². The third-order valence-corrected chi connectivity index (χ3v) is 11.0. The van der Waals surface area contributed by atoms with Gasteiger partial charge in [0.2, 0.25) is 5.88 Å². The van der Waals surface area contributed by atoms with E-state index < -0.39 is 0 Å². The number of nitrogens with one attached hydrogen (secondary N) is 1. The first-order valence-electron chi connectivity index (χ1n) is 17.9. The zero-order valence-corrected chi connectivity index (χ0v) is 28.3. The van der Waals surface area contributed by atoms with E-state index in [0.717, 1.165) is 84.8 Å². The Morgan fingerprint density at radius 1 is 0.843 bits per heavy atom. The van der Waals surface area contributed by atoms with Crippen molar-refractivity contribution in [2.24, 2.45) is 0 Å². The van der Waals surface area contributed by atoms with Crippen molar-refractivity contribution >= 4 is 38.7 Å². The molecule has 0 radical (unpaired) electrons. The molecule has 2 bridgehead atoms. The number of rotatable bonds is 5. The molecule has 0 spiro atoms. The molecule has 2 unspecified atom stereocenters. The Morgan fingerprint density at radius 3 is 2.49 bits per heavy atom. The zero-order valence-electron chi connectivity index (χ0n) is 28.3. The van der Waals surface area contributed by atoms with Crippen LogP contribution in [0, 0.1) is 0 Å². The summed E-state index contributed by atoms with van der Waals surface area (Å²) in [6.07, 6.45) is 14.7. The van der Waals surface area contributed by atoms with E-state index in [9.17, 15) is 4.79 Å². The Labute approximate surface area is 295 Å². The largest absolute Gasteiger partial charge is 0.461 e. The van der Waals surface area contributed by atoms with E-state index in [1.54, 1.807) is 24.8 Å². The van der Waals surface area contributed by atoms with Crippen molar-refractivity contribution in [2.75, 3.05) is 32.8 Å². The molecule has 8 heterocycles. The van der Waals surface area contributed by atoms with Crippen LogP contribution in [-0.2, 0) is 0 Å². The first-order valence-corrected chi connectivity index (χ1v) is 17.9. The maximum atomic E-state index is 13.5. The van der Waals surface area contributed by atoms with Crippen molar-refractivity contribution in [3.63, 3.8) is 0 Å². The summed E-state index contributed by atoms with van der Waals surface area (Å²) < 4.78 is 12.4. The Morgan fingerprint density at radius 2 is 1.65 bits per heavy atom. The number of amides is 1. The highest BCUT2D eigenvalue weighted by molar-refractivity contribution is 5.97. The van der Waals surface area contributed by atoms with Crippen LogP contribution in [0.25, 0.3) is 43.8 Å². The average Bonchev–Trinajstić information content (AvgIpc) is 3.84. The molecule has 0 saturated carbocycles. The van der Waals surface area contributed by atoms with Gasteiger partial charge in [-0.1, -0.05) is 42.5 Å². The quantitative estimate of drug-likeness (QED) is 0.236. The number of nitrogens with zero attached hydrogens (tertiary/aromatic N) is 8. The van der Waals surface area contributed by atoms with Crippen molar-refractivity contribution in [1.29, 1.82) is 0 Å². The van der Waals surface area contributed by atoms with Gasteiger partial charge >= 0.3 is 12.1 Å². The second kappa shape index (κ2) is 13.4. The van der Waals surface area contributed by atoms with Crippen LogP contribution in [0.2, 0.25) is 0 Å². The Hall–Kier alpha value is -5.33. The van der Waals surface area contributed by atoms with Gasteiger partial charge in [0.15, 0.2) is 0 Å². The molecule has 258 valence electrons. The summed E-state index contributed by atoms with van der Waals surface area (Å²) in [5.41, 5.74) is 3.46. The summed E-state index contributed by atoms with van der Waals surface area (Å²) in [5, 5.41) is 7.26. The number of pyridine rings is 2. The van der Waals surface area contributed by atoms with Crippen LogP contribution in [0.5, 0.6) is 11.9 Å². The highest BCUT2D eigenvalue weighted by Gasteiger charge is 2.45. The monoisotopic (exact) mass is 681 g/mol. The number of piperazine rings is 1. The predicted molar refractivity (Wildman–Crippen MR) is 193 cm³/mol. The molecule has 6 aromatic rings. The highest BCUT2D eigenvalue weighted by atomic mass is 16.6. The summed E-state index contributed by atoms with van der Waals surface area (Å²) in [6.45, 7) is 4.36. The number of hydrogen-bond acceptors (Lipinski definition) is 11. The van der Waals surface area contributed by atoms with Gasteiger partial charge < -0.3 is 14.8 Å². The summed E-state index contributed by atoms with van der Waals surface area (Å²) in [5.74, 6) is 0.206. The van der Waals surface area contributed by atoms with Crippen molar-refractivity contribution in [3.8, 4) is 23.1 Å². The van der Waals surface area contributed by atoms with Crippen molar-refractivity contribution in [3.05, 3.63) is 85.7 Å². The second-order valence-electron chi connectivity index (χ2n) is 13.9. The average molecular weight is 682 g/mol. The van der Waals surface area contributed by atoms with Gasteiger partial charge in [0.1, 0.15) is 12.9 Å². The van der Waals surface area contributed by atoms with Crippen LogP contribution in [0.4, 0.5) is 4.79 Å². The Bertz CT molecular complexity index is 2140. The molecule has 4 aliphatic rings. The summed E-state index contributed by atoms with van der Waals surface area (Å²) in [4.78, 5) is 44.0. The third-order valence-electron chi connectivity index (χ3n) is 11.0. The van der Waals surface area contributed by atoms with Crippen molar-refractivity contribution in [2.45, 2.75) is 56.1 Å².